The lowest BCUT2D eigenvalue weighted by Gasteiger charge is -2.45. The second-order valence-corrected chi connectivity index (χ2v) is 8.99. The number of hydrogen-bond donors (Lipinski definition) is 0. The molecule has 1 atom stereocenters. The summed E-state index contributed by atoms with van der Waals surface area (Å²) in [6.07, 6.45) is 5.98. The van der Waals surface area contributed by atoms with Gasteiger partial charge in [0.15, 0.2) is 0 Å². The average molecular weight is 314 g/mol. The summed E-state index contributed by atoms with van der Waals surface area (Å²) < 4.78 is 30.4. The standard InChI is InChI=1S/C13H18N2O3S2/c1-20(16,17)15-9-13(10-15)5-12(8-19-13)18-7-11-3-2-4-14-6-11/h2-4,6,12H,5,7-10H2,1H3/t12-/m1/s1. The Morgan fingerprint density at radius 1 is 1.55 bits per heavy atom. The van der Waals surface area contributed by atoms with Crippen molar-refractivity contribution in [2.75, 3.05) is 25.1 Å². The molecule has 0 saturated carbocycles. The van der Waals surface area contributed by atoms with Gasteiger partial charge in [-0.2, -0.15) is 4.31 Å². The maximum Gasteiger partial charge on any atom is 0.211 e. The molecule has 0 bridgehead atoms. The van der Waals surface area contributed by atoms with Gasteiger partial charge >= 0.3 is 0 Å². The molecule has 2 aliphatic heterocycles. The fourth-order valence-corrected chi connectivity index (χ4v) is 5.34. The zero-order valence-electron chi connectivity index (χ0n) is 11.4. The molecule has 7 heteroatoms. The summed E-state index contributed by atoms with van der Waals surface area (Å²) in [5.74, 6) is 0.942. The number of thioether (sulfide) groups is 1. The number of nitrogens with zero attached hydrogens (tertiary/aromatic N) is 2. The van der Waals surface area contributed by atoms with Gasteiger partial charge in [-0.1, -0.05) is 6.07 Å². The molecule has 3 rings (SSSR count). The Labute approximate surface area is 123 Å². The topological polar surface area (TPSA) is 59.5 Å². The van der Waals surface area contributed by atoms with Crippen LogP contribution >= 0.6 is 11.8 Å². The van der Waals surface area contributed by atoms with Crippen LogP contribution in [0.25, 0.3) is 0 Å². The molecule has 110 valence electrons. The van der Waals surface area contributed by atoms with Crippen molar-refractivity contribution >= 4 is 21.8 Å². The molecule has 2 saturated heterocycles. The quantitative estimate of drug-likeness (QED) is 0.833. The van der Waals surface area contributed by atoms with Crippen molar-refractivity contribution in [2.24, 2.45) is 0 Å². The largest absolute Gasteiger partial charge is 0.373 e. The van der Waals surface area contributed by atoms with Gasteiger partial charge < -0.3 is 4.74 Å². The highest BCUT2D eigenvalue weighted by molar-refractivity contribution is 8.01. The molecule has 1 aromatic heterocycles. The number of pyridine rings is 1. The van der Waals surface area contributed by atoms with Crippen molar-refractivity contribution in [2.45, 2.75) is 23.9 Å². The minimum atomic E-state index is -3.03. The summed E-state index contributed by atoms with van der Waals surface area (Å²) in [6.45, 7) is 1.83. The average Bonchev–Trinajstić information content (AvgIpc) is 2.79. The lowest BCUT2D eigenvalue weighted by atomic mass is 9.95. The maximum atomic E-state index is 11.4. The Bertz CT molecular complexity index is 571. The Morgan fingerprint density at radius 3 is 3.00 bits per heavy atom. The Kier molecular flexibility index (Phi) is 3.79. The van der Waals surface area contributed by atoms with E-state index in [4.69, 9.17) is 4.74 Å². The van der Waals surface area contributed by atoms with E-state index in [1.54, 1.807) is 10.5 Å². The molecular formula is C13H18N2O3S2. The first-order valence-electron chi connectivity index (χ1n) is 6.56. The van der Waals surface area contributed by atoms with Gasteiger partial charge in [-0.15, -0.1) is 11.8 Å². The van der Waals surface area contributed by atoms with Crippen molar-refractivity contribution in [3.63, 3.8) is 0 Å². The van der Waals surface area contributed by atoms with E-state index in [1.807, 2.05) is 30.1 Å². The Hall–Kier alpha value is -0.630. The minimum absolute atomic E-state index is 0.0860. The molecule has 0 amide bonds. The molecule has 2 fully saturated rings. The van der Waals surface area contributed by atoms with Crippen LogP contribution in [0.4, 0.5) is 0 Å². The smallest absolute Gasteiger partial charge is 0.211 e. The number of aromatic nitrogens is 1. The summed E-state index contributed by atoms with van der Waals surface area (Å²) in [4.78, 5) is 4.06. The monoisotopic (exact) mass is 314 g/mol. The fraction of sp³-hybridized carbons (Fsp3) is 0.615. The van der Waals surface area contributed by atoms with Crippen LogP contribution in [0.1, 0.15) is 12.0 Å². The molecule has 1 spiro atoms. The van der Waals surface area contributed by atoms with Crippen LogP contribution < -0.4 is 0 Å². The van der Waals surface area contributed by atoms with Crippen molar-refractivity contribution in [3.05, 3.63) is 30.1 Å². The van der Waals surface area contributed by atoms with E-state index < -0.39 is 10.0 Å². The molecule has 0 radical (unpaired) electrons. The van der Waals surface area contributed by atoms with Crippen molar-refractivity contribution in [3.8, 4) is 0 Å². The van der Waals surface area contributed by atoms with E-state index in [9.17, 15) is 8.42 Å². The predicted octanol–water partition coefficient (Wildman–Crippen LogP) is 1.12. The number of sulfonamides is 1. The van der Waals surface area contributed by atoms with Gasteiger partial charge in [0.25, 0.3) is 0 Å². The first-order valence-corrected chi connectivity index (χ1v) is 9.40. The van der Waals surface area contributed by atoms with Crippen LogP contribution in [-0.2, 0) is 21.4 Å². The predicted molar refractivity (Wildman–Crippen MR) is 79.0 cm³/mol. The van der Waals surface area contributed by atoms with Crippen LogP contribution in [-0.4, -0.2) is 53.7 Å². The lowest BCUT2D eigenvalue weighted by Crippen LogP contribution is -2.60. The van der Waals surface area contributed by atoms with Crippen LogP contribution in [0.3, 0.4) is 0 Å². The van der Waals surface area contributed by atoms with Gasteiger partial charge in [-0.3, -0.25) is 4.98 Å². The van der Waals surface area contributed by atoms with Crippen molar-refractivity contribution < 1.29 is 13.2 Å². The third kappa shape index (κ3) is 3.00. The summed E-state index contributed by atoms with van der Waals surface area (Å²) in [5, 5.41) is 0. The first-order chi connectivity index (χ1) is 9.47. The van der Waals surface area contributed by atoms with Gasteiger partial charge in [0, 0.05) is 36.0 Å². The summed E-state index contributed by atoms with van der Waals surface area (Å²) in [6, 6.07) is 3.90. The van der Waals surface area contributed by atoms with Gasteiger partial charge in [0.05, 0.1) is 19.0 Å². The second-order valence-electron chi connectivity index (χ2n) is 5.52. The fourth-order valence-electron chi connectivity index (χ4n) is 2.66. The van der Waals surface area contributed by atoms with Gasteiger partial charge in [-0.25, -0.2) is 8.42 Å². The molecule has 0 aliphatic carbocycles. The van der Waals surface area contributed by atoms with E-state index in [2.05, 4.69) is 4.98 Å². The van der Waals surface area contributed by atoms with E-state index in [0.29, 0.717) is 19.7 Å². The van der Waals surface area contributed by atoms with Gasteiger partial charge in [0.1, 0.15) is 0 Å². The highest BCUT2D eigenvalue weighted by Gasteiger charge is 2.52. The molecule has 0 aromatic carbocycles. The van der Waals surface area contributed by atoms with Crippen molar-refractivity contribution in [1.29, 1.82) is 0 Å². The normalized spacial score (nSPS) is 25.8. The van der Waals surface area contributed by atoms with E-state index in [0.717, 1.165) is 17.7 Å². The third-order valence-corrected chi connectivity index (χ3v) is 6.55. The molecule has 0 N–H and O–H groups in total. The van der Waals surface area contributed by atoms with E-state index >= 15 is 0 Å². The molecular weight excluding hydrogens is 296 g/mol. The van der Waals surface area contributed by atoms with Crippen LogP contribution in [0.15, 0.2) is 24.5 Å². The molecule has 3 heterocycles. The highest BCUT2D eigenvalue weighted by atomic mass is 32.2. The number of ether oxygens (including phenoxy) is 1. The summed E-state index contributed by atoms with van der Waals surface area (Å²) >= 11 is 1.85. The zero-order valence-corrected chi connectivity index (χ0v) is 13.0. The van der Waals surface area contributed by atoms with E-state index in [1.165, 1.54) is 6.26 Å². The van der Waals surface area contributed by atoms with Gasteiger partial charge in [0.2, 0.25) is 10.0 Å². The first kappa shape index (κ1) is 14.3. The lowest BCUT2D eigenvalue weighted by molar-refractivity contribution is 0.0397. The number of hydrogen-bond acceptors (Lipinski definition) is 5. The summed E-state index contributed by atoms with van der Waals surface area (Å²) in [7, 11) is -3.03. The number of rotatable bonds is 4. The Balaban J connectivity index is 1.49. The van der Waals surface area contributed by atoms with Crippen LogP contribution in [0.2, 0.25) is 0 Å². The van der Waals surface area contributed by atoms with Crippen LogP contribution in [0.5, 0.6) is 0 Å². The SMILES string of the molecule is CS(=O)(=O)N1CC2(C[C@@H](OCc3cccnc3)CS2)C1. The molecule has 20 heavy (non-hydrogen) atoms. The molecule has 5 nitrogen and oxygen atoms in total. The Morgan fingerprint density at radius 2 is 2.35 bits per heavy atom. The van der Waals surface area contributed by atoms with E-state index in [-0.39, 0.29) is 10.9 Å². The third-order valence-electron chi connectivity index (χ3n) is 3.78. The second kappa shape index (κ2) is 5.29. The zero-order chi connectivity index (χ0) is 14.2. The molecule has 1 aromatic rings. The minimum Gasteiger partial charge on any atom is -0.373 e. The van der Waals surface area contributed by atoms with Crippen LogP contribution in [0, 0.1) is 0 Å². The summed E-state index contributed by atoms with van der Waals surface area (Å²) in [5.41, 5.74) is 1.07. The molecule has 0 unspecified atom stereocenters. The molecule has 2 aliphatic rings. The maximum absolute atomic E-state index is 11.4. The van der Waals surface area contributed by atoms with Crippen molar-refractivity contribution in [1.82, 2.24) is 9.29 Å². The highest BCUT2D eigenvalue weighted by Crippen LogP contribution is 2.46. The van der Waals surface area contributed by atoms with Gasteiger partial charge in [-0.05, 0) is 18.1 Å².